The number of para-hydroxylation sites is 1. The van der Waals surface area contributed by atoms with Crippen molar-refractivity contribution in [3.63, 3.8) is 0 Å². The molecule has 0 aliphatic carbocycles. The number of benzene rings is 1. The number of ether oxygens (including phenoxy) is 1. The average molecular weight is 369 g/mol. The van der Waals surface area contributed by atoms with Gasteiger partial charge in [-0.3, -0.25) is 9.69 Å². The van der Waals surface area contributed by atoms with Gasteiger partial charge in [0.05, 0.1) is 7.11 Å². The quantitative estimate of drug-likeness (QED) is 0.603. The van der Waals surface area contributed by atoms with Gasteiger partial charge < -0.3 is 15.6 Å². The van der Waals surface area contributed by atoms with Crippen molar-refractivity contribution < 1.29 is 19.4 Å². The zero-order valence-electron chi connectivity index (χ0n) is 12.9. The number of nitrogens with zero attached hydrogens (tertiary/aromatic N) is 1. The van der Waals surface area contributed by atoms with Crippen molar-refractivity contribution in [2.24, 2.45) is 5.73 Å². The molecule has 3 rings (SSSR count). The second kappa shape index (κ2) is 6.66. The zero-order valence-corrected chi connectivity index (χ0v) is 14.5. The van der Waals surface area contributed by atoms with Gasteiger partial charge in [-0.2, -0.15) is 0 Å². The van der Waals surface area contributed by atoms with E-state index < -0.39 is 12.0 Å². The highest BCUT2D eigenvalue weighted by atomic mass is 35.5. The standard InChI is InChI=1S/C16H17ClN2O4S/c1-23-10-5-3-2-4-8(10)6-11-9(7-17)13(16(21)22)19-14(20)12(18)15(19)24-11/h2-5,11-12,15H,6-7,18H2,1H3,(H,21,22)/t11?,12-,15+/m0/s1. The fraction of sp³-hybridized carbons (Fsp3) is 0.375. The minimum Gasteiger partial charge on any atom is -0.496 e. The topological polar surface area (TPSA) is 92.9 Å². The molecule has 1 aromatic carbocycles. The average Bonchev–Trinajstić information content (AvgIpc) is 2.60. The molecular formula is C16H17ClN2O4S. The van der Waals surface area contributed by atoms with Crippen LogP contribution in [0, 0.1) is 0 Å². The van der Waals surface area contributed by atoms with E-state index in [0.717, 1.165) is 11.3 Å². The first-order valence-electron chi connectivity index (χ1n) is 7.38. The van der Waals surface area contributed by atoms with Gasteiger partial charge in [-0.15, -0.1) is 23.4 Å². The van der Waals surface area contributed by atoms with E-state index in [1.807, 2.05) is 24.3 Å². The lowest BCUT2D eigenvalue weighted by atomic mass is 9.98. The van der Waals surface area contributed by atoms with Gasteiger partial charge in [0.2, 0.25) is 5.91 Å². The van der Waals surface area contributed by atoms with Crippen LogP contribution in [-0.2, 0) is 16.0 Å². The molecule has 1 aromatic rings. The fourth-order valence-electron chi connectivity index (χ4n) is 3.06. The summed E-state index contributed by atoms with van der Waals surface area (Å²) in [6.07, 6.45) is 0.554. The zero-order chi connectivity index (χ0) is 17.4. The maximum absolute atomic E-state index is 12.0. The number of carboxylic acid groups (broad SMARTS) is 1. The van der Waals surface area contributed by atoms with Crippen LogP contribution in [0.2, 0.25) is 0 Å². The first-order valence-corrected chi connectivity index (χ1v) is 8.85. The molecule has 6 nitrogen and oxygen atoms in total. The Kier molecular flexibility index (Phi) is 4.76. The highest BCUT2D eigenvalue weighted by molar-refractivity contribution is 8.00. The summed E-state index contributed by atoms with van der Waals surface area (Å²) in [7, 11) is 1.59. The molecule has 2 aliphatic heterocycles. The molecule has 1 saturated heterocycles. The van der Waals surface area contributed by atoms with E-state index in [-0.39, 0.29) is 28.1 Å². The van der Waals surface area contributed by atoms with Crippen LogP contribution in [0.25, 0.3) is 0 Å². The number of hydrogen-bond acceptors (Lipinski definition) is 5. The first-order chi connectivity index (χ1) is 11.5. The third-order valence-electron chi connectivity index (χ3n) is 4.27. The van der Waals surface area contributed by atoms with Crippen molar-refractivity contribution in [1.82, 2.24) is 4.90 Å². The van der Waals surface area contributed by atoms with Gasteiger partial charge in [-0.05, 0) is 23.6 Å². The molecule has 2 heterocycles. The Morgan fingerprint density at radius 3 is 2.79 bits per heavy atom. The van der Waals surface area contributed by atoms with Crippen LogP contribution < -0.4 is 10.5 Å². The maximum atomic E-state index is 12.0. The monoisotopic (exact) mass is 368 g/mol. The molecule has 1 amide bonds. The number of rotatable bonds is 5. The summed E-state index contributed by atoms with van der Waals surface area (Å²) in [6.45, 7) is 0. The molecule has 128 valence electrons. The molecule has 0 aromatic heterocycles. The lowest BCUT2D eigenvalue weighted by Crippen LogP contribution is -2.69. The van der Waals surface area contributed by atoms with Crippen molar-refractivity contribution in [1.29, 1.82) is 0 Å². The molecule has 3 N–H and O–H groups in total. The Bertz CT molecular complexity index is 724. The van der Waals surface area contributed by atoms with Gasteiger partial charge in [0.1, 0.15) is 22.9 Å². The number of methoxy groups -OCH3 is 1. The maximum Gasteiger partial charge on any atom is 0.352 e. The minimum atomic E-state index is -1.15. The van der Waals surface area contributed by atoms with E-state index in [1.54, 1.807) is 7.11 Å². The van der Waals surface area contributed by atoms with Gasteiger partial charge in [-0.1, -0.05) is 18.2 Å². The first kappa shape index (κ1) is 17.1. The van der Waals surface area contributed by atoms with Crippen molar-refractivity contribution in [2.75, 3.05) is 13.0 Å². The molecule has 8 heteroatoms. The number of carbonyl (C=O) groups excluding carboxylic acids is 1. The molecule has 1 unspecified atom stereocenters. The Hall–Kier alpha value is -1.70. The summed E-state index contributed by atoms with van der Waals surface area (Å²) < 4.78 is 5.37. The molecule has 0 bridgehead atoms. The number of fused-ring (bicyclic) bond motifs is 1. The van der Waals surface area contributed by atoms with Crippen LogP contribution in [0.4, 0.5) is 0 Å². The van der Waals surface area contributed by atoms with E-state index in [9.17, 15) is 14.7 Å². The van der Waals surface area contributed by atoms with Crippen LogP contribution in [-0.4, -0.2) is 51.5 Å². The normalized spacial score (nSPS) is 26.0. The number of amides is 1. The Morgan fingerprint density at radius 1 is 1.46 bits per heavy atom. The van der Waals surface area contributed by atoms with Crippen molar-refractivity contribution in [3.8, 4) is 5.75 Å². The van der Waals surface area contributed by atoms with Gasteiger partial charge in [0.25, 0.3) is 0 Å². The van der Waals surface area contributed by atoms with Gasteiger partial charge in [-0.25, -0.2) is 4.79 Å². The predicted octanol–water partition coefficient (Wildman–Crippen LogP) is 1.43. The summed E-state index contributed by atoms with van der Waals surface area (Å²) in [4.78, 5) is 24.9. The Morgan fingerprint density at radius 2 is 2.17 bits per heavy atom. The number of alkyl halides is 1. The molecular weight excluding hydrogens is 352 g/mol. The number of halogens is 1. The highest BCUT2D eigenvalue weighted by Crippen LogP contribution is 2.45. The second-order valence-electron chi connectivity index (χ2n) is 5.58. The molecule has 0 radical (unpaired) electrons. The number of nitrogens with two attached hydrogens (primary N) is 1. The summed E-state index contributed by atoms with van der Waals surface area (Å²) >= 11 is 7.52. The number of carbonyl (C=O) groups is 2. The Balaban J connectivity index is 1.99. The minimum absolute atomic E-state index is 0.0275. The second-order valence-corrected chi connectivity index (χ2v) is 7.17. The summed E-state index contributed by atoms with van der Waals surface area (Å²) in [6, 6.07) is 6.89. The largest absolute Gasteiger partial charge is 0.496 e. The number of β-lactam (4-membered cyclic amide) rings is 1. The van der Waals surface area contributed by atoms with E-state index in [0.29, 0.717) is 12.0 Å². The van der Waals surface area contributed by atoms with Crippen molar-refractivity contribution >= 4 is 35.2 Å². The van der Waals surface area contributed by atoms with Gasteiger partial charge >= 0.3 is 5.97 Å². The third-order valence-corrected chi connectivity index (χ3v) is 6.12. The van der Waals surface area contributed by atoms with Crippen LogP contribution in [0.5, 0.6) is 5.75 Å². The summed E-state index contributed by atoms with van der Waals surface area (Å²) in [5.41, 5.74) is 7.32. The smallest absolute Gasteiger partial charge is 0.352 e. The van der Waals surface area contributed by atoms with E-state index in [2.05, 4.69) is 0 Å². The van der Waals surface area contributed by atoms with E-state index >= 15 is 0 Å². The molecule has 24 heavy (non-hydrogen) atoms. The third kappa shape index (κ3) is 2.66. The van der Waals surface area contributed by atoms with Gasteiger partial charge in [0, 0.05) is 11.1 Å². The predicted molar refractivity (Wildman–Crippen MR) is 92.1 cm³/mol. The van der Waals surface area contributed by atoms with Crippen LogP contribution >= 0.6 is 23.4 Å². The molecule has 3 atom stereocenters. The van der Waals surface area contributed by atoms with Crippen LogP contribution in [0.3, 0.4) is 0 Å². The summed E-state index contributed by atoms with van der Waals surface area (Å²) in [5, 5.41) is 9.02. The van der Waals surface area contributed by atoms with Crippen LogP contribution in [0.15, 0.2) is 35.5 Å². The number of thioether (sulfide) groups is 1. The van der Waals surface area contributed by atoms with E-state index in [1.165, 1.54) is 16.7 Å². The summed E-state index contributed by atoms with van der Waals surface area (Å²) in [5.74, 6) is -0.745. The SMILES string of the molecule is COc1ccccc1CC1S[C@@H]2[C@@H](N)C(=O)N2C(C(=O)O)=C1CCl. The fourth-order valence-corrected chi connectivity index (χ4v) is 5.05. The number of carboxylic acids is 1. The van der Waals surface area contributed by atoms with Gasteiger partial charge in [0.15, 0.2) is 0 Å². The molecule has 0 spiro atoms. The molecule has 1 fully saturated rings. The number of aliphatic carboxylic acids is 1. The van der Waals surface area contributed by atoms with E-state index in [4.69, 9.17) is 22.1 Å². The van der Waals surface area contributed by atoms with Crippen molar-refractivity contribution in [2.45, 2.75) is 23.1 Å². The highest BCUT2D eigenvalue weighted by Gasteiger charge is 2.53. The lowest BCUT2D eigenvalue weighted by Gasteiger charge is -2.50. The molecule has 2 aliphatic rings. The number of hydrogen-bond donors (Lipinski definition) is 2. The lowest BCUT2D eigenvalue weighted by molar-refractivity contribution is -0.148. The molecule has 0 saturated carbocycles. The van der Waals surface area contributed by atoms with Crippen LogP contribution in [0.1, 0.15) is 5.56 Å². The Labute approximate surface area is 148 Å². The van der Waals surface area contributed by atoms with Crippen molar-refractivity contribution in [3.05, 3.63) is 41.1 Å².